The molecule has 4 rings (SSSR count). The predicted molar refractivity (Wildman–Crippen MR) is 135 cm³/mol. The average molecular weight is 546 g/mol. The molecule has 0 spiro atoms. The normalized spacial score (nSPS) is 10.9. The number of hydrogen-bond donors (Lipinski definition) is 3. The van der Waals surface area contributed by atoms with E-state index in [0.717, 1.165) is 34.4 Å². The average Bonchev–Trinajstić information content (AvgIpc) is 3.21. The Bertz CT molecular complexity index is 1300. The van der Waals surface area contributed by atoms with E-state index in [1.807, 2.05) is 30.3 Å². The van der Waals surface area contributed by atoms with Crippen LogP contribution in [0.5, 0.6) is 0 Å². The molecule has 0 aliphatic rings. The van der Waals surface area contributed by atoms with E-state index < -0.39 is 0 Å². The van der Waals surface area contributed by atoms with Gasteiger partial charge in [-0.15, -0.1) is 0 Å². The Hall–Kier alpha value is -3.17. The molecular formula is C24H23BrClFN6O. The van der Waals surface area contributed by atoms with Crippen molar-refractivity contribution in [1.82, 2.24) is 25.2 Å². The lowest BCUT2D eigenvalue weighted by Crippen LogP contribution is -2.35. The number of anilines is 1. The number of amides is 2. The molecule has 34 heavy (non-hydrogen) atoms. The number of nitrogens with zero attached hydrogens (tertiary/aromatic N) is 3. The molecule has 3 N–H and O–H groups in total. The first kappa shape index (κ1) is 24.0. The number of urea groups is 1. The predicted octanol–water partition coefficient (Wildman–Crippen LogP) is 5.64. The summed E-state index contributed by atoms with van der Waals surface area (Å²) in [5.74, 6) is 0.478. The molecule has 0 saturated heterocycles. The third kappa shape index (κ3) is 6.03. The van der Waals surface area contributed by atoms with E-state index in [9.17, 15) is 9.18 Å². The molecule has 0 saturated carbocycles. The van der Waals surface area contributed by atoms with E-state index in [4.69, 9.17) is 16.6 Å². The third-order valence-electron chi connectivity index (χ3n) is 5.12. The maximum absolute atomic E-state index is 13.2. The van der Waals surface area contributed by atoms with Crippen molar-refractivity contribution in [2.45, 2.75) is 19.4 Å². The van der Waals surface area contributed by atoms with Crippen LogP contribution < -0.4 is 16.0 Å². The van der Waals surface area contributed by atoms with Crippen LogP contribution in [0, 0.1) is 5.82 Å². The van der Waals surface area contributed by atoms with E-state index >= 15 is 0 Å². The molecule has 0 unspecified atom stereocenters. The molecule has 0 atom stereocenters. The summed E-state index contributed by atoms with van der Waals surface area (Å²) < 4.78 is 15.7. The zero-order valence-electron chi connectivity index (χ0n) is 18.2. The number of nitrogens with one attached hydrogen (secondary N) is 3. The first-order valence-corrected chi connectivity index (χ1v) is 12.0. The summed E-state index contributed by atoms with van der Waals surface area (Å²) in [4.78, 5) is 16.6. The Labute approximate surface area is 209 Å². The maximum atomic E-state index is 13.2. The fourth-order valence-electron chi connectivity index (χ4n) is 3.43. The first-order valence-electron chi connectivity index (χ1n) is 10.8. The van der Waals surface area contributed by atoms with Crippen molar-refractivity contribution in [2.75, 3.05) is 18.4 Å². The first-order chi connectivity index (χ1) is 16.5. The van der Waals surface area contributed by atoms with Gasteiger partial charge < -0.3 is 16.0 Å². The molecule has 0 fully saturated rings. The Morgan fingerprint density at radius 3 is 2.71 bits per heavy atom. The van der Waals surface area contributed by atoms with Gasteiger partial charge in [0.05, 0.1) is 16.4 Å². The van der Waals surface area contributed by atoms with E-state index in [2.05, 4.69) is 37.0 Å². The van der Waals surface area contributed by atoms with Crippen LogP contribution in [0.4, 0.5) is 15.0 Å². The molecule has 4 aromatic rings. The lowest BCUT2D eigenvalue weighted by Gasteiger charge is -2.12. The molecule has 0 radical (unpaired) electrons. The van der Waals surface area contributed by atoms with E-state index in [-0.39, 0.29) is 18.4 Å². The number of carbonyl (C=O) groups excluding carboxylic acids is 1. The smallest absolute Gasteiger partial charge is 0.315 e. The van der Waals surface area contributed by atoms with Gasteiger partial charge in [-0.3, -0.25) is 0 Å². The topological polar surface area (TPSA) is 83.3 Å². The second-order valence-electron chi connectivity index (χ2n) is 7.61. The number of carbonyl (C=O) groups is 1. The van der Waals surface area contributed by atoms with Crippen molar-refractivity contribution in [3.8, 4) is 11.3 Å². The van der Waals surface area contributed by atoms with Gasteiger partial charge in [-0.05, 0) is 52.5 Å². The molecule has 0 bridgehead atoms. The van der Waals surface area contributed by atoms with E-state index in [1.54, 1.807) is 22.8 Å². The Balaban J connectivity index is 1.27. The monoisotopic (exact) mass is 544 g/mol. The standard InChI is InChI=1S/C24H23BrClFN6O/c25-19-15-31-33-22(13-21(32-23(19)33)18-8-1-2-9-20(18)26)28-10-3-4-11-29-24(34)30-14-16-6-5-7-17(27)12-16/h1-2,5-9,12-13,15,28H,3-4,10-11,14H2,(H2,29,30,34). The summed E-state index contributed by atoms with van der Waals surface area (Å²) in [7, 11) is 0. The minimum absolute atomic E-state index is 0.274. The number of hydrogen-bond acceptors (Lipinski definition) is 4. The summed E-state index contributed by atoms with van der Waals surface area (Å²) in [6.45, 7) is 1.49. The van der Waals surface area contributed by atoms with Crippen LogP contribution in [0.1, 0.15) is 18.4 Å². The molecule has 7 nitrogen and oxygen atoms in total. The minimum Gasteiger partial charge on any atom is -0.370 e. The Kier molecular flexibility index (Phi) is 7.97. The van der Waals surface area contributed by atoms with Gasteiger partial charge in [-0.25, -0.2) is 14.2 Å². The van der Waals surface area contributed by atoms with E-state index in [0.29, 0.717) is 29.3 Å². The number of aromatic nitrogens is 3. The summed E-state index contributed by atoms with van der Waals surface area (Å²) in [5, 5.41) is 14.0. The highest BCUT2D eigenvalue weighted by atomic mass is 79.9. The van der Waals surface area contributed by atoms with E-state index in [1.165, 1.54) is 12.1 Å². The number of unbranched alkanes of at least 4 members (excludes halogenated alkanes) is 1. The summed E-state index contributed by atoms with van der Waals surface area (Å²) in [6.07, 6.45) is 3.32. The molecule has 2 aromatic heterocycles. The molecule has 2 heterocycles. The zero-order chi connectivity index (χ0) is 23.9. The Morgan fingerprint density at radius 2 is 1.88 bits per heavy atom. The lowest BCUT2D eigenvalue weighted by molar-refractivity contribution is 0.240. The Morgan fingerprint density at radius 1 is 1.06 bits per heavy atom. The molecule has 2 aromatic carbocycles. The van der Waals surface area contributed by atoms with Gasteiger partial charge in [0, 0.05) is 36.3 Å². The van der Waals surface area contributed by atoms with Crippen LogP contribution in [-0.2, 0) is 6.54 Å². The fourth-order valence-corrected chi connectivity index (χ4v) is 4.01. The summed E-state index contributed by atoms with van der Waals surface area (Å²) in [5.41, 5.74) is 3.00. The second-order valence-corrected chi connectivity index (χ2v) is 8.87. The number of rotatable bonds is 9. The third-order valence-corrected chi connectivity index (χ3v) is 6.00. The highest BCUT2D eigenvalue weighted by Crippen LogP contribution is 2.30. The van der Waals surface area contributed by atoms with Gasteiger partial charge in [0.15, 0.2) is 5.65 Å². The molecular weight excluding hydrogens is 523 g/mol. The van der Waals surface area contributed by atoms with Gasteiger partial charge in [0.2, 0.25) is 0 Å². The van der Waals surface area contributed by atoms with Crippen molar-refractivity contribution in [2.24, 2.45) is 0 Å². The minimum atomic E-state index is -0.319. The maximum Gasteiger partial charge on any atom is 0.315 e. The van der Waals surface area contributed by atoms with Crippen molar-refractivity contribution in [1.29, 1.82) is 0 Å². The van der Waals surface area contributed by atoms with Gasteiger partial charge in [0.1, 0.15) is 11.6 Å². The summed E-state index contributed by atoms with van der Waals surface area (Å²) in [6, 6.07) is 15.4. The fraction of sp³-hybridized carbons (Fsp3) is 0.208. The van der Waals surface area contributed by atoms with Crippen molar-refractivity contribution in [3.05, 3.63) is 81.7 Å². The van der Waals surface area contributed by atoms with Crippen LogP contribution in [0.3, 0.4) is 0 Å². The van der Waals surface area contributed by atoms with Crippen molar-refractivity contribution >= 4 is 45.0 Å². The molecule has 2 amide bonds. The van der Waals surface area contributed by atoms with Gasteiger partial charge >= 0.3 is 6.03 Å². The van der Waals surface area contributed by atoms with Crippen LogP contribution in [0.15, 0.2) is 65.3 Å². The van der Waals surface area contributed by atoms with Gasteiger partial charge in [0.25, 0.3) is 0 Å². The molecule has 0 aliphatic heterocycles. The van der Waals surface area contributed by atoms with Crippen molar-refractivity contribution in [3.63, 3.8) is 0 Å². The van der Waals surface area contributed by atoms with Crippen LogP contribution in [0.25, 0.3) is 16.9 Å². The number of halogens is 3. The molecule has 10 heteroatoms. The highest BCUT2D eigenvalue weighted by molar-refractivity contribution is 9.10. The SMILES string of the molecule is O=C(NCCCCNc1cc(-c2ccccc2Cl)nc2c(Br)cnn12)NCc1cccc(F)c1. The zero-order valence-corrected chi connectivity index (χ0v) is 20.5. The van der Waals surface area contributed by atoms with Crippen LogP contribution in [0.2, 0.25) is 5.02 Å². The number of benzene rings is 2. The van der Waals surface area contributed by atoms with Crippen LogP contribution in [-0.4, -0.2) is 33.7 Å². The van der Waals surface area contributed by atoms with Gasteiger partial charge in [-0.1, -0.05) is 41.9 Å². The lowest BCUT2D eigenvalue weighted by atomic mass is 10.1. The van der Waals surface area contributed by atoms with Gasteiger partial charge in [-0.2, -0.15) is 9.61 Å². The number of fused-ring (bicyclic) bond motifs is 1. The van der Waals surface area contributed by atoms with Crippen LogP contribution >= 0.6 is 27.5 Å². The quantitative estimate of drug-likeness (QED) is 0.238. The molecule has 0 aliphatic carbocycles. The summed E-state index contributed by atoms with van der Waals surface area (Å²) >= 11 is 9.88. The second kappa shape index (κ2) is 11.3. The van der Waals surface area contributed by atoms with Crippen molar-refractivity contribution < 1.29 is 9.18 Å². The highest BCUT2D eigenvalue weighted by Gasteiger charge is 2.13. The molecule has 176 valence electrons. The largest absolute Gasteiger partial charge is 0.370 e.